The van der Waals surface area contributed by atoms with Gasteiger partial charge in [-0.2, -0.15) is 0 Å². The summed E-state index contributed by atoms with van der Waals surface area (Å²) < 4.78 is 0. The van der Waals surface area contributed by atoms with Crippen LogP contribution in [-0.4, -0.2) is 21.6 Å². The van der Waals surface area contributed by atoms with Gasteiger partial charge in [-0.25, -0.2) is 9.97 Å². The third-order valence-corrected chi connectivity index (χ3v) is 5.60. The number of hydrogen-bond acceptors (Lipinski definition) is 4. The minimum Gasteiger partial charge on any atom is -0.325 e. The van der Waals surface area contributed by atoms with E-state index in [1.807, 2.05) is 42.5 Å². The molecule has 7 heteroatoms. The molecule has 1 heterocycles. The van der Waals surface area contributed by atoms with E-state index in [2.05, 4.69) is 10.3 Å². The molecule has 4 nitrogen and oxygen atoms in total. The summed E-state index contributed by atoms with van der Waals surface area (Å²) in [4.78, 5) is 21.7. The van der Waals surface area contributed by atoms with Crippen LogP contribution in [0, 0.1) is 0 Å². The summed E-state index contributed by atoms with van der Waals surface area (Å²) in [5.41, 5.74) is 2.39. The van der Waals surface area contributed by atoms with Crippen molar-refractivity contribution in [3.8, 4) is 11.4 Å². The van der Waals surface area contributed by atoms with Crippen LogP contribution in [0.2, 0.25) is 10.0 Å². The lowest BCUT2D eigenvalue weighted by atomic mass is 10.2. The van der Waals surface area contributed by atoms with Crippen molar-refractivity contribution in [3.63, 3.8) is 0 Å². The fourth-order valence-corrected chi connectivity index (χ4v) is 3.87. The molecule has 0 spiro atoms. The fraction of sp³-hybridized carbons (Fsp3) is 0.0455. The lowest BCUT2D eigenvalue weighted by Crippen LogP contribution is -2.14. The number of amides is 1. The molecule has 0 fully saturated rings. The average molecular weight is 440 g/mol. The monoisotopic (exact) mass is 439 g/mol. The van der Waals surface area contributed by atoms with Gasteiger partial charge < -0.3 is 5.32 Å². The summed E-state index contributed by atoms with van der Waals surface area (Å²) >= 11 is 13.4. The minimum atomic E-state index is -0.132. The quantitative estimate of drug-likeness (QED) is 0.291. The van der Waals surface area contributed by atoms with E-state index in [0.717, 1.165) is 16.5 Å². The second kappa shape index (κ2) is 8.82. The highest BCUT2D eigenvalue weighted by atomic mass is 35.5. The molecule has 0 aliphatic heterocycles. The number of carbonyl (C=O) groups is 1. The number of carbonyl (C=O) groups excluding carboxylic acids is 1. The predicted molar refractivity (Wildman–Crippen MR) is 121 cm³/mol. The fourth-order valence-electron chi connectivity index (χ4n) is 2.76. The van der Waals surface area contributed by atoms with Gasteiger partial charge in [0.2, 0.25) is 5.91 Å². The highest BCUT2D eigenvalue weighted by Gasteiger charge is 2.13. The first-order valence-electron chi connectivity index (χ1n) is 8.79. The van der Waals surface area contributed by atoms with Crippen LogP contribution in [0.25, 0.3) is 22.3 Å². The van der Waals surface area contributed by atoms with Crippen molar-refractivity contribution in [2.75, 3.05) is 11.1 Å². The molecule has 0 unspecified atom stereocenters. The van der Waals surface area contributed by atoms with E-state index in [4.69, 9.17) is 28.2 Å². The third-order valence-electron chi connectivity index (χ3n) is 4.12. The van der Waals surface area contributed by atoms with Crippen LogP contribution >= 0.6 is 35.0 Å². The SMILES string of the molecule is O=C(CSc1nc(-c2ccccc2)nc2ccc(Cl)cc12)Nc1ccc(Cl)cc1. The maximum absolute atomic E-state index is 12.4. The summed E-state index contributed by atoms with van der Waals surface area (Å²) in [5.74, 6) is 0.684. The zero-order valence-electron chi connectivity index (χ0n) is 15.1. The molecule has 0 radical (unpaired) electrons. The molecule has 0 aliphatic carbocycles. The number of aromatic nitrogens is 2. The maximum Gasteiger partial charge on any atom is 0.234 e. The predicted octanol–water partition coefficient (Wildman–Crippen LogP) is 6.33. The van der Waals surface area contributed by atoms with Crippen molar-refractivity contribution in [1.29, 1.82) is 0 Å². The summed E-state index contributed by atoms with van der Waals surface area (Å²) in [6, 6.07) is 22.2. The Morgan fingerprint density at radius 3 is 2.38 bits per heavy atom. The van der Waals surface area contributed by atoms with E-state index in [-0.39, 0.29) is 11.7 Å². The minimum absolute atomic E-state index is 0.132. The first kappa shape index (κ1) is 19.7. The smallest absolute Gasteiger partial charge is 0.234 e. The van der Waals surface area contributed by atoms with Crippen molar-refractivity contribution in [1.82, 2.24) is 9.97 Å². The number of hydrogen-bond donors (Lipinski definition) is 1. The van der Waals surface area contributed by atoms with Gasteiger partial charge in [-0.05, 0) is 42.5 Å². The van der Waals surface area contributed by atoms with E-state index in [9.17, 15) is 4.79 Å². The standard InChI is InChI=1S/C22H15Cl2N3OS/c23-15-6-9-17(10-7-15)25-20(28)13-29-22-18-12-16(24)8-11-19(18)26-21(27-22)14-4-2-1-3-5-14/h1-12H,13H2,(H,25,28). The zero-order chi connectivity index (χ0) is 20.2. The highest BCUT2D eigenvalue weighted by Crippen LogP contribution is 2.30. The first-order chi connectivity index (χ1) is 14.1. The highest BCUT2D eigenvalue weighted by molar-refractivity contribution is 8.00. The molecule has 0 aliphatic rings. The number of thioether (sulfide) groups is 1. The third kappa shape index (κ3) is 4.88. The van der Waals surface area contributed by atoms with Crippen molar-refractivity contribution in [2.45, 2.75) is 5.03 Å². The largest absolute Gasteiger partial charge is 0.325 e. The van der Waals surface area contributed by atoms with Crippen LogP contribution in [-0.2, 0) is 4.79 Å². The lowest BCUT2D eigenvalue weighted by Gasteiger charge is -2.09. The van der Waals surface area contributed by atoms with Crippen LogP contribution in [0.15, 0.2) is 77.8 Å². The van der Waals surface area contributed by atoms with Gasteiger partial charge in [0.05, 0.1) is 11.3 Å². The summed E-state index contributed by atoms with van der Waals surface area (Å²) in [7, 11) is 0. The maximum atomic E-state index is 12.4. The zero-order valence-corrected chi connectivity index (χ0v) is 17.4. The number of rotatable bonds is 5. The molecule has 1 amide bonds. The Bertz CT molecular complexity index is 1170. The van der Waals surface area contributed by atoms with E-state index < -0.39 is 0 Å². The van der Waals surface area contributed by atoms with Crippen molar-refractivity contribution < 1.29 is 4.79 Å². The number of nitrogens with one attached hydrogen (secondary N) is 1. The summed E-state index contributed by atoms with van der Waals surface area (Å²) in [6.07, 6.45) is 0. The Kier molecular flexibility index (Phi) is 6.00. The topological polar surface area (TPSA) is 54.9 Å². The molecule has 0 saturated carbocycles. The Balaban J connectivity index is 1.60. The van der Waals surface area contributed by atoms with Crippen molar-refractivity contribution in [3.05, 3.63) is 82.8 Å². The van der Waals surface area contributed by atoms with Crippen LogP contribution in [0.1, 0.15) is 0 Å². The molecule has 4 rings (SSSR count). The van der Waals surface area contributed by atoms with Crippen molar-refractivity contribution in [2.24, 2.45) is 0 Å². The van der Waals surface area contributed by atoms with Gasteiger partial charge in [-0.1, -0.05) is 65.3 Å². The Hall–Kier alpha value is -2.60. The van der Waals surface area contributed by atoms with E-state index in [1.54, 1.807) is 30.3 Å². The van der Waals surface area contributed by atoms with Crippen molar-refractivity contribution >= 4 is 57.5 Å². The average Bonchev–Trinajstić information content (AvgIpc) is 2.74. The second-order valence-electron chi connectivity index (χ2n) is 6.22. The number of halogens is 2. The van der Waals surface area contributed by atoms with Crippen LogP contribution in [0.4, 0.5) is 5.69 Å². The Morgan fingerprint density at radius 2 is 1.62 bits per heavy atom. The summed E-state index contributed by atoms with van der Waals surface area (Å²) in [5, 5.41) is 5.61. The number of nitrogens with zero attached hydrogens (tertiary/aromatic N) is 2. The molecular weight excluding hydrogens is 425 g/mol. The molecule has 144 valence electrons. The molecule has 0 atom stereocenters. The Labute approximate surface area is 182 Å². The summed E-state index contributed by atoms with van der Waals surface area (Å²) in [6.45, 7) is 0. The van der Waals surface area contributed by atoms with Gasteiger partial charge in [0.25, 0.3) is 0 Å². The van der Waals surface area contributed by atoms with E-state index >= 15 is 0 Å². The van der Waals surface area contributed by atoms with Gasteiger partial charge in [0.1, 0.15) is 5.03 Å². The van der Waals surface area contributed by atoms with Gasteiger partial charge in [-0.3, -0.25) is 4.79 Å². The molecule has 4 aromatic rings. The molecule has 29 heavy (non-hydrogen) atoms. The number of fused-ring (bicyclic) bond motifs is 1. The Morgan fingerprint density at radius 1 is 0.897 bits per heavy atom. The first-order valence-corrected chi connectivity index (χ1v) is 10.5. The van der Waals surface area contributed by atoms with Crippen LogP contribution < -0.4 is 5.32 Å². The van der Waals surface area contributed by atoms with Gasteiger partial charge in [0, 0.05) is 26.7 Å². The lowest BCUT2D eigenvalue weighted by molar-refractivity contribution is -0.113. The normalized spacial score (nSPS) is 10.8. The molecule has 1 aromatic heterocycles. The number of benzene rings is 3. The molecule has 0 bridgehead atoms. The van der Waals surface area contributed by atoms with Gasteiger partial charge in [0.15, 0.2) is 5.82 Å². The molecular formula is C22H15Cl2N3OS. The van der Waals surface area contributed by atoms with Gasteiger partial charge >= 0.3 is 0 Å². The molecule has 0 saturated heterocycles. The van der Waals surface area contributed by atoms with Gasteiger partial charge in [-0.15, -0.1) is 0 Å². The number of anilines is 1. The van der Waals surface area contributed by atoms with E-state index in [1.165, 1.54) is 11.8 Å². The second-order valence-corrected chi connectivity index (χ2v) is 8.06. The molecule has 1 N–H and O–H groups in total. The van der Waals surface area contributed by atoms with Crippen LogP contribution in [0.5, 0.6) is 0 Å². The van der Waals surface area contributed by atoms with E-state index in [0.29, 0.717) is 26.6 Å². The van der Waals surface area contributed by atoms with Crippen LogP contribution in [0.3, 0.4) is 0 Å². The molecule has 3 aromatic carbocycles.